The highest BCUT2D eigenvalue weighted by Crippen LogP contribution is 2.44. The van der Waals surface area contributed by atoms with Gasteiger partial charge >= 0.3 is 0 Å². The van der Waals surface area contributed by atoms with Crippen molar-refractivity contribution in [2.45, 2.75) is 46.0 Å². The Morgan fingerprint density at radius 3 is 2.72 bits per heavy atom. The maximum atomic E-state index is 4.43. The summed E-state index contributed by atoms with van der Waals surface area (Å²) in [5, 5.41) is 3.65. The van der Waals surface area contributed by atoms with Gasteiger partial charge in [0, 0.05) is 32.4 Å². The van der Waals surface area contributed by atoms with Crippen LogP contribution >= 0.6 is 0 Å². The van der Waals surface area contributed by atoms with Crippen LogP contribution in [0.25, 0.3) is 0 Å². The zero-order chi connectivity index (χ0) is 13.0. The van der Waals surface area contributed by atoms with Gasteiger partial charge in [0.05, 0.1) is 0 Å². The van der Waals surface area contributed by atoms with Gasteiger partial charge in [0.15, 0.2) is 0 Å². The summed E-state index contributed by atoms with van der Waals surface area (Å²) in [6.45, 7) is 6.88. The highest BCUT2D eigenvalue weighted by atomic mass is 15.0. The minimum atomic E-state index is 0.556. The molecule has 18 heavy (non-hydrogen) atoms. The molecule has 0 unspecified atom stereocenters. The second kappa shape index (κ2) is 5.87. The summed E-state index contributed by atoms with van der Waals surface area (Å²) in [7, 11) is 2.09. The van der Waals surface area contributed by atoms with Gasteiger partial charge in [-0.1, -0.05) is 20.3 Å². The average molecular weight is 249 g/mol. The zero-order valence-electron chi connectivity index (χ0n) is 12.1. The molecule has 3 nitrogen and oxygen atoms in total. The van der Waals surface area contributed by atoms with Crippen molar-refractivity contribution in [3.8, 4) is 0 Å². The molecule has 1 aromatic heterocycles. The predicted octanol–water partition coefficient (Wildman–Crippen LogP) is 2.77. The molecule has 1 aromatic rings. The molecule has 0 bridgehead atoms. The lowest BCUT2D eigenvalue weighted by Crippen LogP contribution is -2.41. The minimum Gasteiger partial charge on any atom is -0.338 e. The first-order valence-corrected chi connectivity index (χ1v) is 7.28. The van der Waals surface area contributed by atoms with E-state index in [0.29, 0.717) is 5.41 Å². The van der Waals surface area contributed by atoms with E-state index >= 15 is 0 Å². The van der Waals surface area contributed by atoms with Crippen LogP contribution in [0.4, 0.5) is 0 Å². The van der Waals surface area contributed by atoms with Crippen molar-refractivity contribution in [3.05, 3.63) is 18.2 Å². The number of nitrogens with zero attached hydrogens (tertiary/aromatic N) is 2. The summed E-state index contributed by atoms with van der Waals surface area (Å²) >= 11 is 0. The largest absolute Gasteiger partial charge is 0.338 e. The number of aromatic nitrogens is 2. The lowest BCUT2D eigenvalue weighted by molar-refractivity contribution is 0.115. The van der Waals surface area contributed by atoms with Crippen molar-refractivity contribution >= 4 is 0 Å². The number of hydrogen-bond acceptors (Lipinski definition) is 2. The molecule has 0 amide bonds. The summed E-state index contributed by atoms with van der Waals surface area (Å²) in [6.07, 6.45) is 10.5. The Kier molecular flexibility index (Phi) is 4.44. The standard InChI is InChI=1S/C15H27N3/c1-13(2)11-16-12-15(6-4-7-15)8-5-14-17-9-10-18(14)3/h9-10,13,16H,4-8,11-12H2,1-3H3. The Morgan fingerprint density at radius 2 is 2.22 bits per heavy atom. The third kappa shape index (κ3) is 3.35. The van der Waals surface area contributed by atoms with Gasteiger partial charge in [-0.25, -0.2) is 4.98 Å². The Hall–Kier alpha value is -0.830. The van der Waals surface area contributed by atoms with Crippen molar-refractivity contribution in [2.24, 2.45) is 18.4 Å². The van der Waals surface area contributed by atoms with Gasteiger partial charge in [-0.3, -0.25) is 0 Å². The number of hydrogen-bond donors (Lipinski definition) is 1. The van der Waals surface area contributed by atoms with E-state index in [2.05, 4.69) is 35.8 Å². The van der Waals surface area contributed by atoms with E-state index < -0.39 is 0 Å². The predicted molar refractivity (Wildman–Crippen MR) is 75.5 cm³/mol. The molecule has 2 rings (SSSR count). The van der Waals surface area contributed by atoms with Crippen molar-refractivity contribution in [2.75, 3.05) is 13.1 Å². The SMILES string of the molecule is CC(C)CNCC1(CCc2nccn2C)CCC1. The third-order valence-corrected chi connectivity index (χ3v) is 4.27. The molecule has 0 radical (unpaired) electrons. The molecule has 1 heterocycles. The Balaban J connectivity index is 1.79. The van der Waals surface area contributed by atoms with E-state index in [1.807, 2.05) is 12.4 Å². The molecular formula is C15H27N3. The van der Waals surface area contributed by atoms with E-state index in [-0.39, 0.29) is 0 Å². The fraction of sp³-hybridized carbons (Fsp3) is 0.800. The molecule has 1 aliphatic carbocycles. The van der Waals surface area contributed by atoms with Gasteiger partial charge in [0.1, 0.15) is 5.82 Å². The molecule has 0 atom stereocenters. The molecule has 1 fully saturated rings. The first kappa shape index (κ1) is 13.6. The Labute approximate surface area is 111 Å². The average Bonchev–Trinajstić information content (AvgIpc) is 2.66. The van der Waals surface area contributed by atoms with E-state index in [0.717, 1.165) is 18.9 Å². The molecule has 0 spiro atoms. The molecule has 0 aromatic carbocycles. The van der Waals surface area contributed by atoms with E-state index in [4.69, 9.17) is 0 Å². The highest BCUT2D eigenvalue weighted by Gasteiger charge is 2.36. The van der Waals surface area contributed by atoms with Gasteiger partial charge in [-0.15, -0.1) is 0 Å². The van der Waals surface area contributed by atoms with E-state index in [1.165, 1.54) is 38.1 Å². The lowest BCUT2D eigenvalue weighted by Gasteiger charge is -2.42. The van der Waals surface area contributed by atoms with Crippen LogP contribution in [-0.4, -0.2) is 22.6 Å². The van der Waals surface area contributed by atoms with Crippen LogP contribution in [0.1, 0.15) is 45.4 Å². The molecule has 1 saturated carbocycles. The zero-order valence-corrected chi connectivity index (χ0v) is 12.1. The van der Waals surface area contributed by atoms with Crippen molar-refractivity contribution in [3.63, 3.8) is 0 Å². The number of rotatable bonds is 7. The second-order valence-corrected chi connectivity index (χ2v) is 6.33. The molecule has 1 aliphatic rings. The molecule has 0 aliphatic heterocycles. The van der Waals surface area contributed by atoms with E-state index in [9.17, 15) is 0 Å². The van der Waals surface area contributed by atoms with Crippen LogP contribution in [0.3, 0.4) is 0 Å². The smallest absolute Gasteiger partial charge is 0.108 e. The maximum absolute atomic E-state index is 4.43. The fourth-order valence-electron chi connectivity index (χ4n) is 2.83. The van der Waals surface area contributed by atoms with Gasteiger partial charge in [0.25, 0.3) is 0 Å². The van der Waals surface area contributed by atoms with Crippen LogP contribution in [0.5, 0.6) is 0 Å². The van der Waals surface area contributed by atoms with Crippen molar-refractivity contribution in [1.82, 2.24) is 14.9 Å². The van der Waals surface area contributed by atoms with Crippen molar-refractivity contribution in [1.29, 1.82) is 0 Å². The van der Waals surface area contributed by atoms with Gasteiger partial charge < -0.3 is 9.88 Å². The van der Waals surface area contributed by atoms with Crippen LogP contribution in [0.15, 0.2) is 12.4 Å². The molecule has 102 valence electrons. The van der Waals surface area contributed by atoms with Gasteiger partial charge in [0.2, 0.25) is 0 Å². The molecule has 1 N–H and O–H groups in total. The topological polar surface area (TPSA) is 29.9 Å². The second-order valence-electron chi connectivity index (χ2n) is 6.33. The third-order valence-electron chi connectivity index (χ3n) is 4.27. The normalized spacial score (nSPS) is 18.0. The Bertz CT molecular complexity index is 364. The highest BCUT2D eigenvalue weighted by molar-refractivity contribution is 4.96. The first-order chi connectivity index (χ1) is 8.61. The van der Waals surface area contributed by atoms with Crippen LogP contribution in [-0.2, 0) is 13.5 Å². The summed E-state index contributed by atoms with van der Waals surface area (Å²) in [5.41, 5.74) is 0.556. The molecular weight excluding hydrogens is 222 g/mol. The monoisotopic (exact) mass is 249 g/mol. The summed E-state index contributed by atoms with van der Waals surface area (Å²) in [6, 6.07) is 0. The van der Waals surface area contributed by atoms with Crippen LogP contribution in [0, 0.1) is 11.3 Å². The Morgan fingerprint density at radius 1 is 1.44 bits per heavy atom. The van der Waals surface area contributed by atoms with Gasteiger partial charge in [-0.2, -0.15) is 0 Å². The quantitative estimate of drug-likeness (QED) is 0.805. The molecule has 0 saturated heterocycles. The minimum absolute atomic E-state index is 0.556. The number of aryl methyl sites for hydroxylation is 2. The molecule has 3 heteroatoms. The summed E-state index contributed by atoms with van der Waals surface area (Å²) in [4.78, 5) is 4.43. The first-order valence-electron chi connectivity index (χ1n) is 7.28. The van der Waals surface area contributed by atoms with Crippen molar-refractivity contribution < 1.29 is 0 Å². The number of nitrogens with one attached hydrogen (secondary N) is 1. The van der Waals surface area contributed by atoms with Crippen LogP contribution < -0.4 is 5.32 Å². The maximum Gasteiger partial charge on any atom is 0.108 e. The summed E-state index contributed by atoms with van der Waals surface area (Å²) < 4.78 is 2.15. The van der Waals surface area contributed by atoms with Gasteiger partial charge in [-0.05, 0) is 37.1 Å². The lowest BCUT2D eigenvalue weighted by atomic mass is 9.66. The van der Waals surface area contributed by atoms with E-state index in [1.54, 1.807) is 0 Å². The fourth-order valence-corrected chi connectivity index (χ4v) is 2.83. The van der Waals surface area contributed by atoms with Crippen LogP contribution in [0.2, 0.25) is 0 Å². The number of imidazole rings is 1. The summed E-state index contributed by atoms with van der Waals surface area (Å²) in [5.74, 6) is 1.97.